The molecule has 2 aromatic heterocycles. The fourth-order valence-corrected chi connectivity index (χ4v) is 5.06. The van der Waals surface area contributed by atoms with Crippen LogP contribution in [-0.2, 0) is 4.79 Å². The van der Waals surface area contributed by atoms with Gasteiger partial charge in [-0.25, -0.2) is 0 Å². The molecule has 37 heavy (non-hydrogen) atoms. The lowest BCUT2D eigenvalue weighted by atomic mass is 10.0. The predicted octanol–water partition coefficient (Wildman–Crippen LogP) is 6.61. The van der Waals surface area contributed by atoms with Crippen LogP contribution < -0.4 is 10.6 Å². The molecule has 2 aromatic carbocycles. The van der Waals surface area contributed by atoms with E-state index in [2.05, 4.69) is 15.6 Å². The number of amides is 1. The third kappa shape index (κ3) is 5.53. The van der Waals surface area contributed by atoms with E-state index in [1.165, 1.54) is 0 Å². The third-order valence-corrected chi connectivity index (χ3v) is 7.08. The molecule has 3 heterocycles. The van der Waals surface area contributed by atoms with E-state index < -0.39 is 0 Å². The molecule has 188 valence electrons. The van der Waals surface area contributed by atoms with E-state index in [1.54, 1.807) is 6.20 Å². The van der Waals surface area contributed by atoms with Gasteiger partial charge in [0.2, 0.25) is 5.91 Å². The molecule has 2 atom stereocenters. The third-order valence-electron chi connectivity index (χ3n) is 6.50. The summed E-state index contributed by atoms with van der Waals surface area (Å²) < 4.78 is 6.41. The van der Waals surface area contributed by atoms with Crippen LogP contribution in [0.3, 0.4) is 0 Å². The van der Waals surface area contributed by atoms with E-state index >= 15 is 0 Å². The topological polar surface area (TPSA) is 70.4 Å². The molecule has 0 saturated carbocycles. The summed E-state index contributed by atoms with van der Waals surface area (Å²) in [5.41, 5.74) is 4.76. The average Bonchev–Trinajstić information content (AvgIpc) is 3.50. The van der Waals surface area contributed by atoms with Gasteiger partial charge in [0.25, 0.3) is 0 Å². The fraction of sp³-hybridized carbons (Fsp3) is 0.207. The maximum absolute atomic E-state index is 12.8. The number of rotatable bonds is 7. The summed E-state index contributed by atoms with van der Waals surface area (Å²) in [6, 6.07) is 22.7. The minimum Gasteiger partial charge on any atom is -0.459 e. The van der Waals surface area contributed by atoms with Crippen LogP contribution in [0.1, 0.15) is 41.1 Å². The molecule has 0 bridgehead atoms. The van der Waals surface area contributed by atoms with Crippen molar-refractivity contribution in [3.8, 4) is 11.3 Å². The molecule has 6 nitrogen and oxygen atoms in total. The van der Waals surface area contributed by atoms with Gasteiger partial charge >= 0.3 is 0 Å². The minimum absolute atomic E-state index is 0.0821. The first kappa shape index (κ1) is 25.0. The zero-order valence-corrected chi connectivity index (χ0v) is 22.1. The molecule has 1 amide bonds. The normalized spacial score (nSPS) is 17.1. The molecular weight excluding hydrogens is 504 g/mol. The molecule has 2 unspecified atom stereocenters. The van der Waals surface area contributed by atoms with Crippen molar-refractivity contribution in [1.82, 2.24) is 15.2 Å². The molecule has 8 heteroatoms. The van der Waals surface area contributed by atoms with Crippen LogP contribution >= 0.6 is 23.8 Å². The van der Waals surface area contributed by atoms with Crippen LogP contribution in [-0.4, -0.2) is 27.4 Å². The van der Waals surface area contributed by atoms with Gasteiger partial charge in [-0.05, 0) is 80.2 Å². The highest BCUT2D eigenvalue weighted by molar-refractivity contribution is 7.80. The van der Waals surface area contributed by atoms with E-state index in [9.17, 15) is 4.79 Å². The minimum atomic E-state index is -0.275. The van der Waals surface area contributed by atoms with E-state index in [0.717, 1.165) is 39.6 Å². The number of hydrogen-bond acceptors (Lipinski definition) is 4. The summed E-state index contributed by atoms with van der Waals surface area (Å²) in [4.78, 5) is 19.3. The predicted molar refractivity (Wildman–Crippen MR) is 150 cm³/mol. The van der Waals surface area contributed by atoms with E-state index in [-0.39, 0.29) is 24.4 Å². The summed E-state index contributed by atoms with van der Waals surface area (Å²) in [5, 5.41) is 7.57. The highest BCUT2D eigenvalue weighted by atomic mass is 35.5. The molecule has 1 fully saturated rings. The number of halogens is 1. The van der Waals surface area contributed by atoms with Gasteiger partial charge in [-0.1, -0.05) is 41.4 Å². The maximum atomic E-state index is 12.8. The number of nitrogens with one attached hydrogen (secondary N) is 2. The molecule has 0 aliphatic carbocycles. The summed E-state index contributed by atoms with van der Waals surface area (Å²) in [7, 11) is 0. The van der Waals surface area contributed by atoms with Crippen LogP contribution in [0.15, 0.2) is 83.4 Å². The van der Waals surface area contributed by atoms with Gasteiger partial charge in [-0.15, -0.1) is 0 Å². The summed E-state index contributed by atoms with van der Waals surface area (Å²) in [5.74, 6) is 1.38. The lowest BCUT2D eigenvalue weighted by Crippen LogP contribution is -2.32. The van der Waals surface area contributed by atoms with Crippen LogP contribution in [0.2, 0.25) is 5.02 Å². The monoisotopic (exact) mass is 530 g/mol. The second-order valence-corrected chi connectivity index (χ2v) is 9.97. The zero-order chi connectivity index (χ0) is 25.9. The Balaban J connectivity index is 1.41. The fourth-order valence-electron chi connectivity index (χ4n) is 4.55. The smallest absolute Gasteiger partial charge is 0.226 e. The van der Waals surface area contributed by atoms with Gasteiger partial charge in [-0.2, -0.15) is 0 Å². The van der Waals surface area contributed by atoms with Crippen molar-refractivity contribution >= 4 is 40.5 Å². The van der Waals surface area contributed by atoms with Crippen molar-refractivity contribution < 1.29 is 9.21 Å². The van der Waals surface area contributed by atoms with Crippen LogP contribution in [0.5, 0.6) is 0 Å². The molecule has 0 radical (unpaired) electrons. The van der Waals surface area contributed by atoms with Crippen molar-refractivity contribution in [3.63, 3.8) is 0 Å². The SMILES string of the molecule is Cc1ccc(NC(=O)CCN2C(=S)NC(c3ccccn3)C2c2ccc(-c3cc(Cl)ccc3C)o2)cc1. The molecule has 1 aliphatic rings. The Bertz CT molecular complexity index is 1420. The molecule has 2 N–H and O–H groups in total. The van der Waals surface area contributed by atoms with Crippen molar-refractivity contribution in [2.24, 2.45) is 0 Å². The Labute approximate surface area is 226 Å². The quantitative estimate of drug-likeness (QED) is 0.262. The van der Waals surface area contributed by atoms with Crippen molar-refractivity contribution in [2.75, 3.05) is 11.9 Å². The standard InChI is InChI=1S/C29H27ClN4O2S/c1-18-6-10-21(11-7-18)32-26(35)14-16-34-28(27(33-29(34)37)23-5-3-4-15-31-23)25-13-12-24(36-25)22-17-20(30)9-8-19(22)2/h3-13,15,17,27-28H,14,16H2,1-2H3,(H,32,35)(H,33,37). The van der Waals surface area contributed by atoms with Gasteiger partial charge in [0, 0.05) is 35.4 Å². The zero-order valence-electron chi connectivity index (χ0n) is 20.6. The number of carbonyl (C=O) groups excluding carboxylic acids is 1. The molecule has 1 aliphatic heterocycles. The van der Waals surface area contributed by atoms with Crippen LogP contribution in [0, 0.1) is 13.8 Å². The number of furan rings is 1. The number of anilines is 1. The van der Waals surface area contributed by atoms with Gasteiger partial charge in [-0.3, -0.25) is 9.78 Å². The second-order valence-electron chi connectivity index (χ2n) is 9.15. The number of aromatic nitrogens is 1. The maximum Gasteiger partial charge on any atom is 0.226 e. The summed E-state index contributed by atoms with van der Waals surface area (Å²) in [6.07, 6.45) is 2.03. The molecular formula is C29H27ClN4O2S. The van der Waals surface area contributed by atoms with Crippen molar-refractivity contribution in [2.45, 2.75) is 32.4 Å². The summed E-state index contributed by atoms with van der Waals surface area (Å²) in [6.45, 7) is 4.46. The Morgan fingerprint density at radius 1 is 1.11 bits per heavy atom. The number of thiocarbonyl (C=S) groups is 1. The Kier molecular flexibility index (Phi) is 7.26. The first-order valence-electron chi connectivity index (χ1n) is 12.1. The number of nitrogens with zero attached hydrogens (tertiary/aromatic N) is 2. The largest absolute Gasteiger partial charge is 0.459 e. The average molecular weight is 531 g/mol. The molecule has 5 rings (SSSR count). The van der Waals surface area contributed by atoms with Gasteiger partial charge in [0.15, 0.2) is 5.11 Å². The summed E-state index contributed by atoms with van der Waals surface area (Å²) >= 11 is 12.0. The van der Waals surface area contributed by atoms with Crippen LogP contribution in [0.25, 0.3) is 11.3 Å². The number of aryl methyl sites for hydroxylation is 2. The molecule has 0 spiro atoms. The Morgan fingerprint density at radius 2 is 1.92 bits per heavy atom. The lowest BCUT2D eigenvalue weighted by Gasteiger charge is -2.25. The second kappa shape index (κ2) is 10.7. The lowest BCUT2D eigenvalue weighted by molar-refractivity contribution is -0.116. The number of pyridine rings is 1. The molecule has 1 saturated heterocycles. The first-order chi connectivity index (χ1) is 17.9. The number of hydrogen-bond donors (Lipinski definition) is 2. The highest BCUT2D eigenvalue weighted by Gasteiger charge is 2.41. The van der Waals surface area contributed by atoms with Crippen LogP contribution in [0.4, 0.5) is 5.69 Å². The number of benzene rings is 2. The number of carbonyl (C=O) groups is 1. The highest BCUT2D eigenvalue weighted by Crippen LogP contribution is 2.41. The van der Waals surface area contributed by atoms with E-state index in [0.29, 0.717) is 16.7 Å². The van der Waals surface area contributed by atoms with E-state index in [1.807, 2.05) is 91.5 Å². The Morgan fingerprint density at radius 3 is 2.68 bits per heavy atom. The Hall–Kier alpha value is -3.68. The van der Waals surface area contributed by atoms with Crippen molar-refractivity contribution in [1.29, 1.82) is 0 Å². The van der Waals surface area contributed by atoms with Crippen molar-refractivity contribution in [3.05, 3.63) is 107 Å². The van der Waals surface area contributed by atoms with Gasteiger partial charge in [0.1, 0.15) is 17.6 Å². The van der Waals surface area contributed by atoms with Gasteiger partial charge in [0.05, 0.1) is 11.7 Å². The molecule has 4 aromatic rings. The first-order valence-corrected chi connectivity index (χ1v) is 12.9. The van der Waals surface area contributed by atoms with E-state index in [4.69, 9.17) is 28.2 Å². The van der Waals surface area contributed by atoms with Gasteiger partial charge < -0.3 is 20.0 Å².